The zero-order valence-electron chi connectivity index (χ0n) is 18.2. The molecule has 192 valence electrons. The van der Waals surface area contributed by atoms with Crippen LogP contribution in [0.5, 0.6) is 0 Å². The van der Waals surface area contributed by atoms with Crippen molar-refractivity contribution in [3.63, 3.8) is 0 Å². The number of hydrogen-bond donors (Lipinski definition) is 11. The Morgan fingerprint density at radius 1 is 0.688 bits per heavy atom. The van der Waals surface area contributed by atoms with E-state index in [1.54, 1.807) is 0 Å². The topological polar surface area (TPSA) is 317 Å². The number of aliphatic carboxylic acids is 5. The first-order valence-corrected chi connectivity index (χ1v) is 9.43. The summed E-state index contributed by atoms with van der Waals surface area (Å²) in [6.07, 6.45) is 0.551. The molecule has 16 heteroatoms. The summed E-state index contributed by atoms with van der Waals surface area (Å²) in [5.41, 5.74) is 24.1. The van der Waals surface area contributed by atoms with E-state index in [4.69, 9.17) is 42.7 Å². The fourth-order valence-electron chi connectivity index (χ4n) is 0.687. The Morgan fingerprint density at radius 3 is 0.969 bits per heavy atom. The van der Waals surface area contributed by atoms with E-state index < -0.39 is 48.0 Å². The molecule has 0 bridgehead atoms. The molecule has 0 radical (unpaired) electrons. The molecule has 32 heavy (non-hydrogen) atoms. The maximum absolute atomic E-state index is 10.1. The summed E-state index contributed by atoms with van der Waals surface area (Å²) in [6, 6.07) is -2.24. The number of hydrogen-bond acceptors (Lipinski definition) is 11. The largest absolute Gasteiger partial charge is 0.480 e. The lowest BCUT2D eigenvalue weighted by molar-refractivity contribution is -0.139. The van der Waals surface area contributed by atoms with Crippen LogP contribution in [-0.4, -0.2) is 92.3 Å². The second-order valence-electron chi connectivity index (χ2n) is 6.02. The second-order valence-corrected chi connectivity index (χ2v) is 6.39. The van der Waals surface area contributed by atoms with Crippen molar-refractivity contribution in [1.29, 1.82) is 0 Å². The molecule has 0 spiro atoms. The number of thiol groups is 1. The minimum Gasteiger partial charge on any atom is -0.480 e. The van der Waals surface area contributed by atoms with Crippen LogP contribution in [0.4, 0.5) is 0 Å². The first-order chi connectivity index (χ1) is 14.4. The molecule has 3 atom stereocenters. The summed E-state index contributed by atoms with van der Waals surface area (Å²) in [6.45, 7) is 4.76. The van der Waals surface area contributed by atoms with Crippen LogP contribution in [0.15, 0.2) is 0 Å². The third kappa shape index (κ3) is 50.8. The molecule has 0 unspecified atom stereocenters. The molecule has 0 aliphatic heterocycles. The number of carboxylic acids is 5. The van der Waals surface area contributed by atoms with E-state index in [0.29, 0.717) is 12.3 Å². The smallest absolute Gasteiger partial charge is 0.321 e. The first kappa shape index (κ1) is 39.9. The first-order valence-electron chi connectivity index (χ1n) is 8.80. The van der Waals surface area contributed by atoms with Crippen molar-refractivity contribution in [3.8, 4) is 0 Å². The summed E-state index contributed by atoms with van der Waals surface area (Å²) in [5.74, 6) is -4.27. The van der Waals surface area contributed by atoms with E-state index in [2.05, 4.69) is 24.1 Å². The molecule has 0 rings (SSSR count). The van der Waals surface area contributed by atoms with Crippen molar-refractivity contribution in [3.05, 3.63) is 0 Å². The summed E-state index contributed by atoms with van der Waals surface area (Å²) in [5, 5.41) is 39.4. The van der Waals surface area contributed by atoms with Crippen molar-refractivity contribution in [2.24, 2.45) is 34.6 Å². The highest BCUT2D eigenvalue weighted by molar-refractivity contribution is 7.80. The van der Waals surface area contributed by atoms with Crippen LogP contribution in [0.3, 0.4) is 0 Å². The van der Waals surface area contributed by atoms with Crippen molar-refractivity contribution in [2.45, 2.75) is 45.3 Å². The lowest BCUT2D eigenvalue weighted by Crippen LogP contribution is -2.31. The maximum atomic E-state index is 10.1. The van der Waals surface area contributed by atoms with Gasteiger partial charge in [-0.1, -0.05) is 13.8 Å². The molecule has 15 nitrogen and oxygen atoms in total. The van der Waals surface area contributed by atoms with Gasteiger partial charge in [0.25, 0.3) is 0 Å². The van der Waals surface area contributed by atoms with Gasteiger partial charge >= 0.3 is 29.8 Å². The van der Waals surface area contributed by atoms with Crippen LogP contribution in [0.2, 0.25) is 0 Å². The maximum Gasteiger partial charge on any atom is 0.321 e. The number of carbonyl (C=O) groups is 5. The quantitative estimate of drug-likeness (QED) is 0.153. The summed E-state index contributed by atoms with van der Waals surface area (Å²) >= 11 is 3.65. The molecule has 0 amide bonds. The lowest BCUT2D eigenvalue weighted by atomic mass is 10.1. The SMILES string of the molecule is CC(C)C[C@H](N)C(=O)O.C[C@H](N)C(=O)O.NCC(=O)O.NCC(=O)O.N[C@@H](CS)C(=O)O. The molecule has 0 heterocycles. The van der Waals surface area contributed by atoms with Gasteiger partial charge in [-0.15, -0.1) is 0 Å². The van der Waals surface area contributed by atoms with E-state index >= 15 is 0 Å². The summed E-state index contributed by atoms with van der Waals surface area (Å²) in [7, 11) is 0. The van der Waals surface area contributed by atoms with E-state index in [1.165, 1.54) is 6.92 Å². The molecule has 0 aliphatic carbocycles. The van der Waals surface area contributed by atoms with Crippen molar-refractivity contribution >= 4 is 42.5 Å². The van der Waals surface area contributed by atoms with E-state index in [0.717, 1.165) is 0 Å². The molecule has 0 aromatic heterocycles. The van der Waals surface area contributed by atoms with Crippen LogP contribution < -0.4 is 28.7 Å². The zero-order valence-corrected chi connectivity index (χ0v) is 19.1. The second kappa shape index (κ2) is 26.5. The monoisotopic (exact) mass is 491 g/mol. The van der Waals surface area contributed by atoms with Crippen LogP contribution in [0.1, 0.15) is 27.2 Å². The highest BCUT2D eigenvalue weighted by atomic mass is 32.1. The van der Waals surface area contributed by atoms with Gasteiger partial charge in [0.2, 0.25) is 0 Å². The lowest BCUT2D eigenvalue weighted by Gasteiger charge is -2.07. The van der Waals surface area contributed by atoms with Gasteiger partial charge in [0.05, 0.1) is 13.1 Å². The molecule has 0 aromatic rings. The van der Waals surface area contributed by atoms with Gasteiger partial charge in [-0.3, -0.25) is 24.0 Å². The molecule has 0 saturated heterocycles. The molecule has 15 N–H and O–H groups in total. The van der Waals surface area contributed by atoms with Gasteiger partial charge in [0.15, 0.2) is 0 Å². The fourth-order valence-corrected chi connectivity index (χ4v) is 0.843. The average Bonchev–Trinajstić information content (AvgIpc) is 2.68. The molecule has 0 fully saturated rings. The van der Waals surface area contributed by atoms with Gasteiger partial charge in [0.1, 0.15) is 18.1 Å². The van der Waals surface area contributed by atoms with Crippen LogP contribution in [0, 0.1) is 5.92 Å². The predicted molar refractivity (Wildman–Crippen MR) is 119 cm³/mol. The van der Waals surface area contributed by atoms with Crippen molar-refractivity contribution in [1.82, 2.24) is 0 Å². The Kier molecular flexibility index (Phi) is 33.1. The molecular formula is C16H37N5O10S. The Bertz CT molecular complexity index is 521. The molecule has 0 aromatic carbocycles. The number of carboxylic acid groups (broad SMARTS) is 5. The molecule has 0 aliphatic rings. The third-order valence-electron chi connectivity index (χ3n) is 2.30. The summed E-state index contributed by atoms with van der Waals surface area (Å²) < 4.78 is 0. The highest BCUT2D eigenvalue weighted by Gasteiger charge is 2.12. The van der Waals surface area contributed by atoms with Gasteiger partial charge in [-0.2, -0.15) is 12.6 Å². The van der Waals surface area contributed by atoms with E-state index in [-0.39, 0.29) is 18.8 Å². The minimum absolute atomic E-state index is 0.190. The Morgan fingerprint density at radius 2 is 0.938 bits per heavy atom. The van der Waals surface area contributed by atoms with E-state index in [9.17, 15) is 24.0 Å². The number of rotatable bonds is 8. The molecular weight excluding hydrogens is 454 g/mol. The van der Waals surface area contributed by atoms with Crippen LogP contribution in [-0.2, 0) is 24.0 Å². The van der Waals surface area contributed by atoms with Crippen LogP contribution in [0.25, 0.3) is 0 Å². The van der Waals surface area contributed by atoms with E-state index in [1.807, 2.05) is 13.8 Å². The Labute approximate surface area is 191 Å². The standard InChI is InChI=1S/C6H13NO2.C3H7NO2S.C3H7NO2.2C2H5NO2/c1-4(2)3-5(7)6(8)9;4-2(1-7)3(5)6;1-2(4)3(5)6;2*3-1-2(4)5/h4-5H,3,7H2,1-2H3,(H,8,9);2,7H,1,4H2,(H,5,6);2H,4H2,1H3,(H,5,6);2*1,3H2,(H,4,5)/t5-;2*2-;;/m000../s1. The average molecular weight is 492 g/mol. The van der Waals surface area contributed by atoms with Crippen LogP contribution >= 0.6 is 12.6 Å². The third-order valence-corrected chi connectivity index (χ3v) is 2.69. The van der Waals surface area contributed by atoms with Crippen molar-refractivity contribution in [2.75, 3.05) is 18.8 Å². The fraction of sp³-hybridized carbons (Fsp3) is 0.688. The van der Waals surface area contributed by atoms with Gasteiger partial charge in [-0.05, 0) is 19.3 Å². The van der Waals surface area contributed by atoms with Gasteiger partial charge in [-0.25, -0.2) is 0 Å². The minimum atomic E-state index is -1.00. The molecule has 0 saturated carbocycles. The van der Waals surface area contributed by atoms with Gasteiger partial charge < -0.3 is 54.2 Å². The summed E-state index contributed by atoms with van der Waals surface area (Å²) in [4.78, 5) is 47.9. The predicted octanol–water partition coefficient (Wildman–Crippen LogP) is -2.75. The normalized spacial score (nSPS) is 11.7. The van der Waals surface area contributed by atoms with Crippen molar-refractivity contribution < 1.29 is 49.5 Å². The Balaban J connectivity index is -0.0000000969. The number of nitrogens with two attached hydrogens (primary N) is 5. The zero-order chi connectivity index (χ0) is 27.0. The highest BCUT2D eigenvalue weighted by Crippen LogP contribution is 2.01. The Hall–Kier alpha value is -2.50. The van der Waals surface area contributed by atoms with Gasteiger partial charge in [0, 0.05) is 5.75 Å².